The molecule has 0 radical (unpaired) electrons. The van der Waals surface area contributed by atoms with E-state index in [1.54, 1.807) is 0 Å². The highest BCUT2D eigenvalue weighted by atomic mass is 16.2. The molecule has 2 atom stereocenters. The van der Waals surface area contributed by atoms with E-state index in [4.69, 9.17) is 0 Å². The molecular weight excluding hydrogens is 460 g/mol. The molecule has 0 aliphatic carbocycles. The Morgan fingerprint density at radius 2 is 1.47 bits per heavy atom. The maximum absolute atomic E-state index is 13.2. The molecule has 9 nitrogen and oxygen atoms in total. The molecule has 1 aromatic rings. The van der Waals surface area contributed by atoms with Crippen LogP contribution in [0.2, 0.25) is 0 Å². The number of benzene rings is 1. The smallest absolute Gasteiger partial charge is 0.243 e. The maximum Gasteiger partial charge on any atom is 0.243 e. The number of amides is 4. The van der Waals surface area contributed by atoms with Crippen LogP contribution in [-0.2, 0) is 30.4 Å². The molecule has 0 saturated carbocycles. The first-order chi connectivity index (χ1) is 16.7. The second kappa shape index (κ2) is 13.8. The Morgan fingerprint density at radius 1 is 0.861 bits per heavy atom. The van der Waals surface area contributed by atoms with Crippen LogP contribution in [0.15, 0.2) is 30.3 Å². The van der Waals surface area contributed by atoms with Crippen LogP contribution in [0.1, 0.15) is 60.5 Å². The van der Waals surface area contributed by atoms with Crippen molar-refractivity contribution in [2.75, 3.05) is 13.1 Å². The monoisotopic (exact) mass is 502 g/mol. The topological polar surface area (TPSA) is 133 Å². The molecule has 4 N–H and O–H groups in total. The molecule has 36 heavy (non-hydrogen) atoms. The second-order valence-corrected chi connectivity index (χ2v) is 11.0. The van der Waals surface area contributed by atoms with Crippen molar-refractivity contribution in [1.82, 2.24) is 21.3 Å². The zero-order valence-electron chi connectivity index (χ0n) is 22.6. The molecular formula is C27H42N4O5. The Hall–Kier alpha value is -3.23. The van der Waals surface area contributed by atoms with E-state index in [-0.39, 0.29) is 36.8 Å². The van der Waals surface area contributed by atoms with Gasteiger partial charge in [-0.3, -0.25) is 19.2 Å². The van der Waals surface area contributed by atoms with Crippen molar-refractivity contribution in [2.24, 2.45) is 16.7 Å². The van der Waals surface area contributed by atoms with Crippen molar-refractivity contribution in [3.63, 3.8) is 0 Å². The van der Waals surface area contributed by atoms with Crippen molar-refractivity contribution in [1.29, 1.82) is 0 Å². The van der Waals surface area contributed by atoms with Crippen molar-refractivity contribution in [3.05, 3.63) is 35.9 Å². The Balaban J connectivity index is 2.99. The molecule has 4 amide bonds. The van der Waals surface area contributed by atoms with Gasteiger partial charge in [0.05, 0.1) is 13.1 Å². The van der Waals surface area contributed by atoms with Gasteiger partial charge < -0.3 is 26.1 Å². The van der Waals surface area contributed by atoms with Crippen LogP contribution >= 0.6 is 0 Å². The summed E-state index contributed by atoms with van der Waals surface area (Å²) in [5.74, 6) is -1.68. The third kappa shape index (κ3) is 9.79. The molecule has 0 aromatic heterocycles. The molecule has 0 bridgehead atoms. The van der Waals surface area contributed by atoms with Crippen LogP contribution < -0.4 is 21.3 Å². The average Bonchev–Trinajstić information content (AvgIpc) is 2.79. The van der Waals surface area contributed by atoms with Gasteiger partial charge in [-0.05, 0) is 23.3 Å². The molecule has 2 unspecified atom stereocenters. The molecule has 0 aliphatic rings. The normalized spacial score (nSPS) is 13.3. The van der Waals surface area contributed by atoms with E-state index in [9.17, 15) is 24.0 Å². The average molecular weight is 503 g/mol. The molecule has 0 aliphatic heterocycles. The lowest BCUT2D eigenvalue weighted by molar-refractivity contribution is -0.137. The summed E-state index contributed by atoms with van der Waals surface area (Å²) >= 11 is 0. The van der Waals surface area contributed by atoms with E-state index >= 15 is 0 Å². The third-order valence-electron chi connectivity index (χ3n) is 6.49. The van der Waals surface area contributed by atoms with Gasteiger partial charge in [0.1, 0.15) is 18.4 Å². The van der Waals surface area contributed by atoms with Crippen molar-refractivity contribution < 1.29 is 24.0 Å². The molecule has 0 spiro atoms. The number of carbonyl (C=O) groups is 5. The lowest BCUT2D eigenvalue weighted by atomic mass is 9.69. The van der Waals surface area contributed by atoms with E-state index in [1.165, 1.54) is 0 Å². The maximum atomic E-state index is 13.2. The van der Waals surface area contributed by atoms with Crippen molar-refractivity contribution >= 4 is 29.9 Å². The number of hydrogen-bond acceptors (Lipinski definition) is 5. The summed E-state index contributed by atoms with van der Waals surface area (Å²) in [5.41, 5.74) is -0.215. The molecule has 0 fully saturated rings. The number of carbonyl (C=O) groups excluding carboxylic acids is 5. The quantitative estimate of drug-likeness (QED) is 0.305. The van der Waals surface area contributed by atoms with Gasteiger partial charge in [0.25, 0.3) is 0 Å². The van der Waals surface area contributed by atoms with Crippen LogP contribution in [-0.4, -0.2) is 55.1 Å². The van der Waals surface area contributed by atoms with Gasteiger partial charge in [0, 0.05) is 11.8 Å². The molecule has 200 valence electrons. The predicted molar refractivity (Wildman–Crippen MR) is 139 cm³/mol. The third-order valence-corrected chi connectivity index (χ3v) is 6.49. The summed E-state index contributed by atoms with van der Waals surface area (Å²) in [6, 6.07) is 7.34. The van der Waals surface area contributed by atoms with Crippen LogP contribution in [0.5, 0.6) is 0 Å². The molecule has 0 heterocycles. The SMILES string of the molecule is CC(C)CC(NC(=O)C(Cc1ccccc1)NC(=O)CNC(=O)C(C)(C)C(C)(C)C)C(=O)NCC=O. The summed E-state index contributed by atoms with van der Waals surface area (Å²) < 4.78 is 0. The van der Waals surface area contributed by atoms with Gasteiger partial charge in [-0.15, -0.1) is 0 Å². The van der Waals surface area contributed by atoms with E-state index in [1.807, 2.05) is 78.8 Å². The van der Waals surface area contributed by atoms with Crippen LogP contribution in [0, 0.1) is 16.7 Å². The van der Waals surface area contributed by atoms with Crippen molar-refractivity contribution in [3.8, 4) is 0 Å². The first kappa shape index (κ1) is 30.8. The van der Waals surface area contributed by atoms with Gasteiger partial charge in [-0.2, -0.15) is 0 Å². The van der Waals surface area contributed by atoms with Gasteiger partial charge in [0.2, 0.25) is 23.6 Å². The number of rotatable bonds is 13. The fourth-order valence-electron chi connectivity index (χ4n) is 3.27. The summed E-state index contributed by atoms with van der Waals surface area (Å²) in [4.78, 5) is 61.8. The van der Waals surface area contributed by atoms with E-state index in [0.717, 1.165) is 5.56 Å². The van der Waals surface area contributed by atoms with Gasteiger partial charge in [-0.25, -0.2) is 0 Å². The minimum atomic E-state index is -0.971. The Bertz CT molecular complexity index is 906. The largest absolute Gasteiger partial charge is 0.348 e. The number of aldehydes is 1. The number of nitrogens with one attached hydrogen (secondary N) is 4. The van der Waals surface area contributed by atoms with Crippen LogP contribution in [0.25, 0.3) is 0 Å². The van der Waals surface area contributed by atoms with Gasteiger partial charge >= 0.3 is 0 Å². The Morgan fingerprint density at radius 3 is 2.00 bits per heavy atom. The first-order valence-electron chi connectivity index (χ1n) is 12.3. The summed E-state index contributed by atoms with van der Waals surface area (Å²) in [5, 5.41) is 10.6. The minimum Gasteiger partial charge on any atom is -0.348 e. The highest BCUT2D eigenvalue weighted by molar-refractivity contribution is 5.94. The fraction of sp³-hybridized carbons (Fsp3) is 0.593. The summed E-state index contributed by atoms with van der Waals surface area (Å²) in [6.45, 7) is 12.9. The summed E-state index contributed by atoms with van der Waals surface area (Å²) in [7, 11) is 0. The molecule has 1 rings (SSSR count). The first-order valence-corrected chi connectivity index (χ1v) is 12.3. The zero-order chi connectivity index (χ0) is 27.5. The molecule has 1 aromatic carbocycles. The Labute approximate surface area is 214 Å². The van der Waals surface area contributed by atoms with Crippen LogP contribution in [0.4, 0.5) is 0 Å². The van der Waals surface area contributed by atoms with Crippen molar-refractivity contribution in [2.45, 2.75) is 73.4 Å². The fourth-order valence-corrected chi connectivity index (χ4v) is 3.27. The highest BCUT2D eigenvalue weighted by Crippen LogP contribution is 2.37. The highest BCUT2D eigenvalue weighted by Gasteiger charge is 2.39. The van der Waals surface area contributed by atoms with E-state index in [2.05, 4.69) is 21.3 Å². The van der Waals surface area contributed by atoms with Gasteiger partial charge in [0.15, 0.2) is 0 Å². The lowest BCUT2D eigenvalue weighted by Crippen LogP contribution is -2.56. The van der Waals surface area contributed by atoms with E-state index in [0.29, 0.717) is 12.7 Å². The van der Waals surface area contributed by atoms with Crippen LogP contribution in [0.3, 0.4) is 0 Å². The standard InChI is InChI=1S/C27H42N4O5/c1-18(2)15-20(23(34)28-13-14-32)31-24(35)21(16-19-11-9-8-10-12-19)30-22(33)17-29-25(36)27(6,7)26(3,4)5/h8-12,14,18,20-21H,13,15-17H2,1-7H3,(H,28,34)(H,29,36)(H,30,33)(H,31,35). The number of hydrogen-bond donors (Lipinski definition) is 4. The van der Waals surface area contributed by atoms with E-state index < -0.39 is 35.2 Å². The Kier molecular flexibility index (Phi) is 11.8. The van der Waals surface area contributed by atoms with Gasteiger partial charge in [-0.1, -0.05) is 78.8 Å². The lowest BCUT2D eigenvalue weighted by Gasteiger charge is -2.37. The predicted octanol–water partition coefficient (Wildman–Crippen LogP) is 1.75. The minimum absolute atomic E-state index is 0.0980. The second-order valence-electron chi connectivity index (χ2n) is 11.0. The molecule has 0 saturated heterocycles. The summed E-state index contributed by atoms with van der Waals surface area (Å²) in [6.07, 6.45) is 1.13. The zero-order valence-corrected chi connectivity index (χ0v) is 22.6. The molecule has 9 heteroatoms.